The molecule has 0 heterocycles. The molecule has 6 nitrogen and oxygen atoms in total. The molecule has 158 valence electrons. The minimum absolute atomic E-state index is 0.188. The Labute approximate surface area is 166 Å². The molecule has 0 spiro atoms. The maximum absolute atomic E-state index is 13.6. The highest BCUT2D eigenvalue weighted by Crippen LogP contribution is 2.21. The normalized spacial score (nSPS) is 13.5. The third-order valence-corrected chi connectivity index (χ3v) is 3.11. The number of hydrogen-bond acceptors (Lipinski definition) is 5. The lowest BCUT2D eigenvalue weighted by Gasteiger charge is -2.26. The van der Waals surface area contributed by atoms with Crippen molar-refractivity contribution in [1.29, 1.82) is 0 Å². The van der Waals surface area contributed by atoms with E-state index < -0.39 is 35.2 Å². The lowest BCUT2D eigenvalue weighted by molar-refractivity contribution is -0.157. The molecule has 28 heavy (non-hydrogen) atoms. The minimum Gasteiger partial charge on any atom is -0.459 e. The van der Waals surface area contributed by atoms with Gasteiger partial charge < -0.3 is 19.5 Å². The standard InChI is InChI=1S/C21H32FNO5/c1-19(2,3)27-17(24)16(23-18(25)28-20(4,5)6)13-14-9-11-15(12-10-14)26-21(7,8)22/h9-12,16H,13H2,1-8H3,(H,23,25)/t16-/m1/s1/i22-1. The number of esters is 1. The number of halogens is 1. The number of alkyl carbamates (subject to hydrolysis) is 1. The maximum Gasteiger partial charge on any atom is 0.408 e. The van der Waals surface area contributed by atoms with Gasteiger partial charge in [-0.05, 0) is 59.2 Å². The number of ether oxygens (including phenoxy) is 3. The molecule has 1 aromatic carbocycles. The Kier molecular flexibility index (Phi) is 7.45. The summed E-state index contributed by atoms with van der Waals surface area (Å²) < 4.78 is 29.4. The van der Waals surface area contributed by atoms with E-state index >= 15 is 0 Å². The molecule has 0 aliphatic heterocycles. The van der Waals surface area contributed by atoms with E-state index in [1.165, 1.54) is 13.8 Å². The van der Waals surface area contributed by atoms with Crippen molar-refractivity contribution >= 4 is 12.1 Å². The van der Waals surface area contributed by atoms with Gasteiger partial charge in [-0.15, -0.1) is 0 Å². The Balaban J connectivity index is 2.92. The monoisotopic (exact) mass is 396 g/mol. The van der Waals surface area contributed by atoms with E-state index in [1.54, 1.807) is 65.8 Å². The van der Waals surface area contributed by atoms with E-state index in [-0.39, 0.29) is 6.42 Å². The number of benzene rings is 1. The molecular formula is C21H32FNO5. The predicted molar refractivity (Wildman–Crippen MR) is 105 cm³/mol. The van der Waals surface area contributed by atoms with E-state index in [1.807, 2.05) is 0 Å². The molecule has 1 N–H and O–H groups in total. The predicted octanol–water partition coefficient (Wildman–Crippen LogP) is 4.55. The Bertz CT molecular complexity index is 666. The second kappa shape index (κ2) is 8.80. The Morgan fingerprint density at radius 1 is 0.929 bits per heavy atom. The molecule has 0 aliphatic rings. The summed E-state index contributed by atoms with van der Waals surface area (Å²) in [6, 6.07) is 5.69. The number of nitrogens with one attached hydrogen (secondary N) is 1. The van der Waals surface area contributed by atoms with Crippen LogP contribution < -0.4 is 10.1 Å². The van der Waals surface area contributed by atoms with Crippen LogP contribution in [0.5, 0.6) is 5.75 Å². The van der Waals surface area contributed by atoms with E-state index in [4.69, 9.17) is 14.2 Å². The van der Waals surface area contributed by atoms with Crippen LogP contribution >= 0.6 is 0 Å². The van der Waals surface area contributed by atoms with Crippen LogP contribution in [-0.2, 0) is 20.7 Å². The zero-order chi connectivity index (χ0) is 21.8. The van der Waals surface area contributed by atoms with Gasteiger partial charge in [0, 0.05) is 20.3 Å². The van der Waals surface area contributed by atoms with Crippen molar-refractivity contribution < 1.29 is 28.2 Å². The van der Waals surface area contributed by atoms with Crippen LogP contribution in [0.1, 0.15) is 61.0 Å². The molecular weight excluding hydrogens is 364 g/mol. The van der Waals surface area contributed by atoms with Crippen molar-refractivity contribution in [3.63, 3.8) is 0 Å². The minimum atomic E-state index is -1.79. The smallest absolute Gasteiger partial charge is 0.408 e. The molecule has 0 unspecified atom stereocenters. The van der Waals surface area contributed by atoms with Crippen molar-refractivity contribution in [2.45, 2.75) is 84.9 Å². The van der Waals surface area contributed by atoms with Gasteiger partial charge in [0.25, 0.3) is 0 Å². The Morgan fingerprint density at radius 2 is 1.43 bits per heavy atom. The van der Waals surface area contributed by atoms with Gasteiger partial charge in [-0.25, -0.2) is 9.59 Å². The average Bonchev–Trinajstić information content (AvgIpc) is 2.43. The van der Waals surface area contributed by atoms with E-state index in [2.05, 4.69) is 5.32 Å². The lowest BCUT2D eigenvalue weighted by Crippen LogP contribution is -2.47. The summed E-state index contributed by atoms with van der Waals surface area (Å²) in [4.78, 5) is 24.7. The number of amides is 1. The molecule has 0 aliphatic carbocycles. The average molecular weight is 396 g/mol. The van der Waals surface area contributed by atoms with Crippen LogP contribution in [0.15, 0.2) is 24.3 Å². The molecule has 0 bridgehead atoms. The number of carbonyl (C=O) groups excluding carboxylic acids is 2. The quantitative estimate of drug-likeness (QED) is 0.714. The van der Waals surface area contributed by atoms with Crippen LogP contribution in [-0.4, -0.2) is 35.2 Å². The summed E-state index contributed by atoms with van der Waals surface area (Å²) in [6.07, 6.45) is -0.518. The van der Waals surface area contributed by atoms with E-state index in [9.17, 15) is 14.0 Å². The SMILES string of the molecule is CC(C)(C)OC(=O)N[C@H](Cc1ccc(OC(C)(C)[18F])cc1)C(=O)OC(C)(C)C. The van der Waals surface area contributed by atoms with Gasteiger partial charge in [0.05, 0.1) is 0 Å². The van der Waals surface area contributed by atoms with Crippen molar-refractivity contribution in [3.05, 3.63) is 29.8 Å². The Hall–Kier alpha value is -2.31. The highest BCUT2D eigenvalue weighted by Gasteiger charge is 2.29. The summed E-state index contributed by atoms with van der Waals surface area (Å²) >= 11 is 0. The van der Waals surface area contributed by atoms with Crippen LogP contribution in [0.2, 0.25) is 0 Å². The summed E-state index contributed by atoms with van der Waals surface area (Å²) in [7, 11) is 0. The summed E-state index contributed by atoms with van der Waals surface area (Å²) in [5.74, 6) is -1.99. The molecule has 0 aromatic heterocycles. The van der Waals surface area contributed by atoms with Crippen LogP contribution in [0.3, 0.4) is 0 Å². The molecule has 0 fully saturated rings. The number of alkyl halides is 1. The first kappa shape index (κ1) is 23.7. The van der Waals surface area contributed by atoms with Crippen LogP contribution in [0, 0.1) is 0 Å². The summed E-state index contributed by atoms with van der Waals surface area (Å²) in [5, 5.41) is 2.57. The van der Waals surface area contributed by atoms with Crippen molar-refractivity contribution in [2.75, 3.05) is 0 Å². The summed E-state index contributed by atoms with van der Waals surface area (Å²) in [6.45, 7) is 13.1. The first-order valence-electron chi connectivity index (χ1n) is 9.23. The number of rotatable bonds is 6. The van der Waals surface area contributed by atoms with E-state index in [0.717, 1.165) is 5.56 Å². The zero-order valence-electron chi connectivity index (χ0n) is 18.0. The van der Waals surface area contributed by atoms with E-state index in [0.29, 0.717) is 5.75 Å². The number of hydrogen-bond donors (Lipinski definition) is 1. The van der Waals surface area contributed by atoms with Crippen molar-refractivity contribution in [3.8, 4) is 5.75 Å². The fourth-order valence-electron chi connectivity index (χ4n) is 2.23. The topological polar surface area (TPSA) is 73.9 Å². The van der Waals surface area contributed by atoms with Gasteiger partial charge in [0.1, 0.15) is 23.0 Å². The highest BCUT2D eigenvalue weighted by atomic mass is 18.2. The van der Waals surface area contributed by atoms with Crippen molar-refractivity contribution in [2.24, 2.45) is 0 Å². The molecule has 1 rings (SSSR count). The molecule has 1 amide bonds. The summed E-state index contributed by atoms with van der Waals surface area (Å²) in [5.41, 5.74) is -0.647. The van der Waals surface area contributed by atoms with Gasteiger partial charge in [0.15, 0.2) is 0 Å². The van der Waals surface area contributed by atoms with Gasteiger partial charge in [-0.3, -0.25) is 0 Å². The highest BCUT2D eigenvalue weighted by molar-refractivity contribution is 5.82. The first-order chi connectivity index (χ1) is 12.5. The molecule has 1 atom stereocenters. The fraction of sp³-hybridized carbons (Fsp3) is 0.619. The largest absolute Gasteiger partial charge is 0.459 e. The zero-order valence-corrected chi connectivity index (χ0v) is 18.0. The van der Waals surface area contributed by atoms with Crippen molar-refractivity contribution in [1.82, 2.24) is 5.32 Å². The molecule has 0 saturated heterocycles. The third-order valence-electron chi connectivity index (χ3n) is 3.11. The van der Waals surface area contributed by atoms with Crippen LogP contribution in [0.25, 0.3) is 0 Å². The molecule has 1 aromatic rings. The third kappa shape index (κ3) is 10.1. The Morgan fingerprint density at radius 3 is 1.86 bits per heavy atom. The molecule has 0 saturated carbocycles. The molecule has 7 heteroatoms. The van der Waals surface area contributed by atoms with Gasteiger partial charge in [0.2, 0.25) is 5.85 Å². The van der Waals surface area contributed by atoms with Crippen LogP contribution in [0.4, 0.5) is 9.18 Å². The second-order valence-electron chi connectivity index (χ2n) is 9.05. The second-order valence-corrected chi connectivity index (χ2v) is 9.05. The molecule has 0 radical (unpaired) electrons. The fourth-order valence-corrected chi connectivity index (χ4v) is 2.23. The lowest BCUT2D eigenvalue weighted by atomic mass is 10.1. The van der Waals surface area contributed by atoms with Gasteiger partial charge in [-0.2, -0.15) is 4.39 Å². The van der Waals surface area contributed by atoms with Gasteiger partial charge >= 0.3 is 12.1 Å². The first-order valence-corrected chi connectivity index (χ1v) is 9.23. The van der Waals surface area contributed by atoms with Gasteiger partial charge in [-0.1, -0.05) is 12.1 Å². The maximum atomic E-state index is 13.6. The number of carbonyl (C=O) groups is 2.